The third-order valence-electron chi connectivity index (χ3n) is 3.49. The predicted octanol–water partition coefficient (Wildman–Crippen LogP) is 2.53. The van der Waals surface area contributed by atoms with Crippen LogP contribution in [0.15, 0.2) is 22.6 Å². The van der Waals surface area contributed by atoms with Gasteiger partial charge in [-0.1, -0.05) is 26.8 Å². The maximum Gasteiger partial charge on any atom is 0.200 e. The quantitative estimate of drug-likeness (QED) is 0.854. The normalized spacial score (nSPS) is 17.1. The number of piperazine rings is 1. The van der Waals surface area contributed by atoms with Gasteiger partial charge in [0.2, 0.25) is 5.89 Å². The number of para-hydroxylation sites is 1. The Morgan fingerprint density at radius 1 is 1.21 bits per heavy atom. The van der Waals surface area contributed by atoms with Crippen molar-refractivity contribution in [2.24, 2.45) is 0 Å². The highest BCUT2D eigenvalue weighted by atomic mass is 16.4. The van der Waals surface area contributed by atoms with Gasteiger partial charge in [-0.2, -0.15) is 0 Å². The molecule has 1 aromatic heterocycles. The fourth-order valence-corrected chi connectivity index (χ4v) is 2.41. The molecule has 0 radical (unpaired) electrons. The third-order valence-corrected chi connectivity index (χ3v) is 3.49. The summed E-state index contributed by atoms with van der Waals surface area (Å²) in [7, 11) is 0. The fourth-order valence-electron chi connectivity index (χ4n) is 2.41. The van der Waals surface area contributed by atoms with Crippen LogP contribution in [-0.2, 0) is 5.41 Å². The van der Waals surface area contributed by atoms with Crippen molar-refractivity contribution >= 4 is 16.8 Å². The van der Waals surface area contributed by atoms with Crippen molar-refractivity contribution in [3.05, 3.63) is 24.1 Å². The molecule has 2 aromatic rings. The van der Waals surface area contributed by atoms with Crippen LogP contribution >= 0.6 is 0 Å². The van der Waals surface area contributed by atoms with Crippen LogP contribution < -0.4 is 10.2 Å². The minimum atomic E-state index is -0.0558. The minimum Gasteiger partial charge on any atom is -0.438 e. The molecule has 0 amide bonds. The van der Waals surface area contributed by atoms with Crippen molar-refractivity contribution < 1.29 is 4.42 Å². The van der Waals surface area contributed by atoms with Crippen LogP contribution in [-0.4, -0.2) is 31.2 Å². The molecule has 0 saturated carbocycles. The molecule has 1 N–H and O–H groups in total. The monoisotopic (exact) mass is 259 g/mol. The van der Waals surface area contributed by atoms with Crippen LogP contribution in [0, 0.1) is 0 Å². The van der Waals surface area contributed by atoms with Crippen molar-refractivity contribution in [1.29, 1.82) is 0 Å². The van der Waals surface area contributed by atoms with Gasteiger partial charge < -0.3 is 14.6 Å². The van der Waals surface area contributed by atoms with E-state index in [0.29, 0.717) is 0 Å². The summed E-state index contributed by atoms with van der Waals surface area (Å²) in [5.74, 6) is 0.810. The largest absolute Gasteiger partial charge is 0.438 e. The Bertz CT molecular complexity index is 577. The Balaban J connectivity index is 2.07. The van der Waals surface area contributed by atoms with Gasteiger partial charge in [-0.15, -0.1) is 0 Å². The Morgan fingerprint density at radius 2 is 1.95 bits per heavy atom. The molecule has 102 valence electrons. The van der Waals surface area contributed by atoms with Crippen molar-refractivity contribution in [2.45, 2.75) is 26.2 Å². The molecule has 0 aliphatic carbocycles. The first kappa shape index (κ1) is 12.5. The van der Waals surface area contributed by atoms with E-state index in [1.165, 1.54) is 5.69 Å². The van der Waals surface area contributed by atoms with Crippen LogP contribution in [0.5, 0.6) is 0 Å². The second-order valence-corrected chi connectivity index (χ2v) is 6.13. The van der Waals surface area contributed by atoms with Crippen LogP contribution in [0.3, 0.4) is 0 Å². The fraction of sp³-hybridized carbons (Fsp3) is 0.533. The lowest BCUT2D eigenvalue weighted by Crippen LogP contribution is -2.43. The highest BCUT2D eigenvalue weighted by Gasteiger charge is 2.23. The lowest BCUT2D eigenvalue weighted by atomic mass is 9.97. The first-order valence-corrected chi connectivity index (χ1v) is 6.91. The minimum absolute atomic E-state index is 0.0558. The second kappa shape index (κ2) is 4.53. The molecule has 1 fully saturated rings. The zero-order chi connectivity index (χ0) is 13.5. The molecule has 0 bridgehead atoms. The number of rotatable bonds is 1. The zero-order valence-corrected chi connectivity index (χ0v) is 11.9. The van der Waals surface area contributed by atoms with Crippen molar-refractivity contribution in [3.63, 3.8) is 0 Å². The standard InChI is InChI=1S/C15H21N3O/c1-15(2,3)14-17-11-5-4-6-12(13(11)19-14)18-9-7-16-8-10-18/h4-6,16H,7-10H2,1-3H3. The summed E-state index contributed by atoms with van der Waals surface area (Å²) in [5.41, 5.74) is 3.00. The third kappa shape index (κ3) is 2.32. The number of nitrogens with zero attached hydrogens (tertiary/aromatic N) is 2. The predicted molar refractivity (Wildman–Crippen MR) is 77.8 cm³/mol. The van der Waals surface area contributed by atoms with Crippen LogP contribution in [0.25, 0.3) is 11.1 Å². The second-order valence-electron chi connectivity index (χ2n) is 6.13. The molecule has 1 aromatic carbocycles. The molecule has 3 rings (SSSR count). The molecule has 1 saturated heterocycles. The molecular formula is C15H21N3O. The number of nitrogens with one attached hydrogen (secondary N) is 1. The first-order valence-electron chi connectivity index (χ1n) is 6.91. The van der Waals surface area contributed by atoms with Crippen LogP contribution in [0.1, 0.15) is 26.7 Å². The average Bonchev–Trinajstić information content (AvgIpc) is 2.83. The number of oxazole rings is 1. The summed E-state index contributed by atoms with van der Waals surface area (Å²) in [6, 6.07) is 6.22. The van der Waals surface area contributed by atoms with E-state index >= 15 is 0 Å². The molecule has 4 heteroatoms. The van der Waals surface area contributed by atoms with Crippen molar-refractivity contribution in [1.82, 2.24) is 10.3 Å². The Kier molecular flexibility index (Phi) is 2.97. The number of hydrogen-bond acceptors (Lipinski definition) is 4. The van der Waals surface area contributed by atoms with Crippen LogP contribution in [0.4, 0.5) is 5.69 Å². The molecule has 4 nitrogen and oxygen atoms in total. The number of benzene rings is 1. The lowest BCUT2D eigenvalue weighted by molar-refractivity contribution is 0.410. The van der Waals surface area contributed by atoms with Gasteiger partial charge in [0.15, 0.2) is 5.58 Å². The van der Waals surface area contributed by atoms with Gasteiger partial charge in [0, 0.05) is 31.6 Å². The maximum atomic E-state index is 6.04. The van der Waals surface area contributed by atoms with Crippen LogP contribution in [0.2, 0.25) is 0 Å². The topological polar surface area (TPSA) is 41.3 Å². The molecule has 1 aliphatic heterocycles. The maximum absolute atomic E-state index is 6.04. The summed E-state index contributed by atoms with van der Waals surface area (Å²) in [4.78, 5) is 7.00. The van der Waals surface area contributed by atoms with E-state index in [4.69, 9.17) is 4.42 Å². The van der Waals surface area contributed by atoms with Gasteiger partial charge in [-0.3, -0.25) is 0 Å². The number of aromatic nitrogens is 1. The number of hydrogen-bond donors (Lipinski definition) is 1. The number of fused-ring (bicyclic) bond motifs is 1. The van der Waals surface area contributed by atoms with Gasteiger partial charge in [-0.05, 0) is 12.1 Å². The molecule has 2 heterocycles. The van der Waals surface area contributed by atoms with Gasteiger partial charge in [0.05, 0.1) is 5.69 Å². The summed E-state index contributed by atoms with van der Waals surface area (Å²) < 4.78 is 6.04. The highest BCUT2D eigenvalue weighted by molar-refractivity contribution is 5.87. The highest BCUT2D eigenvalue weighted by Crippen LogP contribution is 2.31. The summed E-state index contributed by atoms with van der Waals surface area (Å²) in [5, 5.41) is 3.37. The molecule has 19 heavy (non-hydrogen) atoms. The van der Waals surface area contributed by atoms with E-state index in [2.05, 4.69) is 48.1 Å². The van der Waals surface area contributed by atoms with E-state index in [-0.39, 0.29) is 5.41 Å². The van der Waals surface area contributed by atoms with Crippen molar-refractivity contribution in [2.75, 3.05) is 31.1 Å². The smallest absolute Gasteiger partial charge is 0.200 e. The van der Waals surface area contributed by atoms with E-state index in [0.717, 1.165) is 43.2 Å². The summed E-state index contributed by atoms with van der Waals surface area (Å²) in [6.45, 7) is 10.5. The number of anilines is 1. The Hall–Kier alpha value is -1.55. The SMILES string of the molecule is CC(C)(C)c1nc2cccc(N3CCNCC3)c2o1. The van der Waals surface area contributed by atoms with E-state index in [1.807, 2.05) is 6.07 Å². The summed E-state index contributed by atoms with van der Waals surface area (Å²) in [6.07, 6.45) is 0. The van der Waals surface area contributed by atoms with Gasteiger partial charge >= 0.3 is 0 Å². The van der Waals surface area contributed by atoms with Gasteiger partial charge in [0.25, 0.3) is 0 Å². The van der Waals surface area contributed by atoms with Gasteiger partial charge in [0.1, 0.15) is 5.52 Å². The molecule has 0 unspecified atom stereocenters. The molecule has 0 atom stereocenters. The lowest BCUT2D eigenvalue weighted by Gasteiger charge is -2.29. The first-order chi connectivity index (χ1) is 9.05. The Morgan fingerprint density at radius 3 is 2.63 bits per heavy atom. The molecule has 1 aliphatic rings. The summed E-state index contributed by atoms with van der Waals surface area (Å²) >= 11 is 0. The Labute approximate surface area is 113 Å². The zero-order valence-electron chi connectivity index (χ0n) is 11.9. The average molecular weight is 259 g/mol. The van der Waals surface area contributed by atoms with Gasteiger partial charge in [-0.25, -0.2) is 4.98 Å². The molecule has 0 spiro atoms. The van der Waals surface area contributed by atoms with E-state index in [1.54, 1.807) is 0 Å². The van der Waals surface area contributed by atoms with Crippen molar-refractivity contribution in [3.8, 4) is 0 Å². The van der Waals surface area contributed by atoms with E-state index in [9.17, 15) is 0 Å². The van der Waals surface area contributed by atoms with E-state index < -0.39 is 0 Å². The molecular weight excluding hydrogens is 238 g/mol.